The van der Waals surface area contributed by atoms with Gasteiger partial charge in [0.2, 0.25) is 0 Å². The van der Waals surface area contributed by atoms with Gasteiger partial charge in [-0.3, -0.25) is 19.8 Å². The minimum Gasteiger partial charge on any atom is -0.321 e. The Morgan fingerprint density at radius 1 is 0.829 bits per heavy atom. The van der Waals surface area contributed by atoms with Crippen molar-refractivity contribution in [2.75, 3.05) is 16.1 Å². The Labute approximate surface area is 215 Å². The van der Waals surface area contributed by atoms with Crippen molar-refractivity contribution in [1.29, 1.82) is 0 Å². The molecule has 3 amide bonds. The number of nitrogens with zero attached hydrogens (tertiary/aromatic N) is 1. The van der Waals surface area contributed by atoms with Gasteiger partial charge in [0, 0.05) is 26.3 Å². The molecule has 0 aliphatic carbocycles. The van der Waals surface area contributed by atoms with E-state index in [1.54, 1.807) is 42.5 Å². The molecule has 0 fully saturated rings. The van der Waals surface area contributed by atoms with E-state index in [0.717, 1.165) is 21.2 Å². The highest BCUT2D eigenvalue weighted by Gasteiger charge is 2.22. The average molecular weight is 554 g/mol. The van der Waals surface area contributed by atoms with E-state index in [2.05, 4.69) is 32.0 Å². The van der Waals surface area contributed by atoms with Gasteiger partial charge in [-0.2, -0.15) is 0 Å². The summed E-state index contributed by atoms with van der Waals surface area (Å²) < 4.78 is 2.11. The summed E-state index contributed by atoms with van der Waals surface area (Å²) >= 11 is 9.60. The third-order valence-corrected chi connectivity index (χ3v) is 6.39. The molecule has 0 radical (unpaired) electrons. The Hall–Kier alpha value is -3.62. The minimum absolute atomic E-state index is 0.141. The summed E-state index contributed by atoms with van der Waals surface area (Å²) in [6.07, 6.45) is 0. The number of halogens is 2. The highest BCUT2D eigenvalue weighted by molar-refractivity contribution is 9.10. The summed E-state index contributed by atoms with van der Waals surface area (Å²) in [4.78, 5) is 38.7. The number of fused-ring (bicyclic) bond motifs is 1. The van der Waals surface area contributed by atoms with Gasteiger partial charge in [-0.1, -0.05) is 45.7 Å². The van der Waals surface area contributed by atoms with Crippen LogP contribution in [0.2, 0.25) is 5.02 Å². The van der Waals surface area contributed by atoms with Crippen LogP contribution in [0.4, 0.5) is 11.4 Å². The Balaban J connectivity index is 1.64. The lowest BCUT2D eigenvalue weighted by Gasteiger charge is -2.14. The van der Waals surface area contributed by atoms with E-state index in [-0.39, 0.29) is 5.69 Å². The lowest BCUT2D eigenvalue weighted by molar-refractivity contribution is -0.133. The lowest BCUT2D eigenvalue weighted by atomic mass is 10.1. The Kier molecular flexibility index (Phi) is 6.95. The highest BCUT2D eigenvalue weighted by Crippen LogP contribution is 2.25. The molecule has 35 heavy (non-hydrogen) atoms. The number of nitrogens with one attached hydrogen (secondary N) is 3. The minimum atomic E-state index is -0.918. The Bertz CT molecular complexity index is 1500. The number of hydrogen-bond donors (Lipinski definition) is 3. The fourth-order valence-electron chi connectivity index (χ4n) is 3.54. The summed E-state index contributed by atoms with van der Waals surface area (Å²) in [5.41, 5.74) is 6.94. The van der Waals surface area contributed by atoms with E-state index in [4.69, 9.17) is 11.6 Å². The zero-order chi connectivity index (χ0) is 25.3. The summed E-state index contributed by atoms with van der Waals surface area (Å²) in [6.45, 7) is 5.60. The van der Waals surface area contributed by atoms with E-state index >= 15 is 0 Å². The van der Waals surface area contributed by atoms with Crippen LogP contribution in [0.15, 0.2) is 65.1 Å². The van der Waals surface area contributed by atoms with Gasteiger partial charge < -0.3 is 10.6 Å². The van der Waals surface area contributed by atoms with Gasteiger partial charge >= 0.3 is 11.8 Å². The molecule has 178 valence electrons. The maximum absolute atomic E-state index is 13.2. The van der Waals surface area contributed by atoms with Crippen molar-refractivity contribution in [3.63, 3.8) is 0 Å². The molecule has 4 rings (SSSR count). The molecule has 0 saturated heterocycles. The van der Waals surface area contributed by atoms with Gasteiger partial charge in [-0.15, -0.1) is 0 Å². The number of carbonyl (C=O) groups is 3. The molecule has 0 saturated carbocycles. The smallest absolute Gasteiger partial charge is 0.321 e. The zero-order valence-corrected chi connectivity index (χ0v) is 21.5. The number of rotatable bonds is 4. The number of carbonyl (C=O) groups excluding carboxylic acids is 3. The van der Waals surface area contributed by atoms with Gasteiger partial charge in [0.25, 0.3) is 5.91 Å². The maximum atomic E-state index is 13.2. The summed E-state index contributed by atoms with van der Waals surface area (Å²) in [6, 6.07) is 17.7. The van der Waals surface area contributed by atoms with E-state index in [0.29, 0.717) is 27.3 Å². The monoisotopic (exact) mass is 552 g/mol. The molecule has 0 aliphatic heterocycles. The quantitative estimate of drug-likeness (QED) is 0.273. The first kappa shape index (κ1) is 24.5. The molecule has 9 heteroatoms. The van der Waals surface area contributed by atoms with Crippen molar-refractivity contribution < 1.29 is 14.4 Å². The first-order chi connectivity index (χ1) is 16.6. The van der Waals surface area contributed by atoms with Gasteiger partial charge in [0.15, 0.2) is 0 Å². The number of benzene rings is 3. The molecule has 4 aromatic rings. The number of hydrogen-bond acceptors (Lipinski definition) is 3. The molecule has 3 aromatic carbocycles. The van der Waals surface area contributed by atoms with E-state index < -0.39 is 17.7 Å². The molecular formula is C26H22BrClN4O3. The molecule has 0 atom stereocenters. The Morgan fingerprint density at radius 2 is 1.57 bits per heavy atom. The van der Waals surface area contributed by atoms with Gasteiger partial charge in [-0.05, 0) is 79.9 Å². The predicted octanol–water partition coefficient (Wildman–Crippen LogP) is 5.94. The van der Waals surface area contributed by atoms with Crippen molar-refractivity contribution in [1.82, 2.24) is 4.68 Å². The Morgan fingerprint density at radius 3 is 2.31 bits per heavy atom. The molecule has 1 aromatic heterocycles. The third-order valence-electron chi connectivity index (χ3n) is 5.49. The van der Waals surface area contributed by atoms with Crippen molar-refractivity contribution >= 4 is 67.5 Å². The van der Waals surface area contributed by atoms with Crippen molar-refractivity contribution in [3.05, 3.63) is 92.5 Å². The molecule has 7 nitrogen and oxygen atoms in total. The number of aryl methyl sites for hydroxylation is 3. The van der Waals surface area contributed by atoms with Gasteiger partial charge in [0.1, 0.15) is 5.69 Å². The van der Waals surface area contributed by atoms with Crippen LogP contribution in [0.5, 0.6) is 0 Å². The van der Waals surface area contributed by atoms with Crippen LogP contribution in [-0.4, -0.2) is 22.4 Å². The first-order valence-corrected chi connectivity index (χ1v) is 11.9. The summed E-state index contributed by atoms with van der Waals surface area (Å²) in [5, 5.41) is 6.64. The average Bonchev–Trinajstić information content (AvgIpc) is 3.16. The highest BCUT2D eigenvalue weighted by atomic mass is 79.9. The standard InChI is InChI=1S/C26H22BrClN4O3/c1-14-4-5-16(3)21(10-14)30-25(34)26(35)31-32-22-9-7-18(27)11-17(22)12-23(32)24(33)29-19-8-6-15(2)20(28)13-19/h4-13H,1-3H3,(H,29,33)(H,30,34)(H,31,35). The van der Waals surface area contributed by atoms with Crippen LogP contribution < -0.4 is 16.1 Å². The summed E-state index contributed by atoms with van der Waals surface area (Å²) in [7, 11) is 0. The van der Waals surface area contributed by atoms with Crippen LogP contribution in [0.25, 0.3) is 10.9 Å². The normalized spacial score (nSPS) is 10.8. The van der Waals surface area contributed by atoms with Gasteiger partial charge in [-0.25, -0.2) is 4.68 Å². The van der Waals surface area contributed by atoms with Crippen LogP contribution in [-0.2, 0) is 9.59 Å². The second-order valence-corrected chi connectivity index (χ2v) is 9.52. The van der Waals surface area contributed by atoms with Crippen molar-refractivity contribution in [3.8, 4) is 0 Å². The summed E-state index contributed by atoms with van der Waals surface area (Å²) in [5.74, 6) is -2.25. The van der Waals surface area contributed by atoms with Crippen LogP contribution >= 0.6 is 27.5 Å². The SMILES string of the molecule is Cc1ccc(C)c(NC(=O)C(=O)Nn2c(C(=O)Nc3ccc(C)c(Cl)c3)cc3cc(Br)ccc32)c1. The zero-order valence-electron chi connectivity index (χ0n) is 19.2. The maximum Gasteiger partial charge on any atom is 0.328 e. The molecule has 0 spiro atoms. The van der Waals surface area contributed by atoms with Crippen molar-refractivity contribution in [2.45, 2.75) is 20.8 Å². The molecule has 0 bridgehead atoms. The second-order valence-electron chi connectivity index (χ2n) is 8.20. The molecule has 3 N–H and O–H groups in total. The lowest BCUT2D eigenvalue weighted by Crippen LogP contribution is -2.36. The molecule has 0 aliphatic rings. The van der Waals surface area contributed by atoms with E-state index in [1.165, 1.54) is 4.68 Å². The van der Waals surface area contributed by atoms with E-state index in [9.17, 15) is 14.4 Å². The fourth-order valence-corrected chi connectivity index (χ4v) is 4.10. The van der Waals surface area contributed by atoms with Crippen LogP contribution in [0.3, 0.4) is 0 Å². The number of amides is 3. The molecular weight excluding hydrogens is 532 g/mol. The van der Waals surface area contributed by atoms with Gasteiger partial charge in [0.05, 0.1) is 5.52 Å². The number of anilines is 2. The predicted molar refractivity (Wildman–Crippen MR) is 143 cm³/mol. The first-order valence-electron chi connectivity index (χ1n) is 10.7. The van der Waals surface area contributed by atoms with Crippen LogP contribution in [0, 0.1) is 20.8 Å². The van der Waals surface area contributed by atoms with E-state index in [1.807, 2.05) is 39.0 Å². The second kappa shape index (κ2) is 9.93. The fraction of sp³-hybridized carbons (Fsp3) is 0.115. The topological polar surface area (TPSA) is 92.2 Å². The number of aromatic nitrogens is 1. The molecule has 0 unspecified atom stereocenters. The molecule has 1 heterocycles. The largest absolute Gasteiger partial charge is 0.328 e. The van der Waals surface area contributed by atoms with Crippen molar-refractivity contribution in [2.24, 2.45) is 0 Å². The van der Waals surface area contributed by atoms with Crippen LogP contribution in [0.1, 0.15) is 27.2 Å². The third kappa shape index (κ3) is 5.39.